The van der Waals surface area contributed by atoms with Gasteiger partial charge in [-0.1, -0.05) is 46.0 Å². The molecule has 0 aromatic heterocycles. The number of carboxylic acid groups (broad SMARTS) is 1. The summed E-state index contributed by atoms with van der Waals surface area (Å²) in [6.45, 7) is 4.29. The molecule has 0 saturated heterocycles. The maximum atomic E-state index is 12.3. The van der Waals surface area contributed by atoms with Crippen LogP contribution < -0.4 is 0 Å². The van der Waals surface area contributed by atoms with E-state index >= 15 is 0 Å². The van der Waals surface area contributed by atoms with Gasteiger partial charge in [0.25, 0.3) is 0 Å². The predicted molar refractivity (Wildman–Crippen MR) is 86.6 cm³/mol. The summed E-state index contributed by atoms with van der Waals surface area (Å²) in [6, 6.07) is 0. The van der Waals surface area contributed by atoms with Crippen molar-refractivity contribution in [3.05, 3.63) is 0 Å². The van der Waals surface area contributed by atoms with Crippen molar-refractivity contribution in [1.29, 1.82) is 0 Å². The van der Waals surface area contributed by atoms with Gasteiger partial charge in [-0.25, -0.2) is 0 Å². The minimum absolute atomic E-state index is 0.0135. The first kappa shape index (κ1) is 19.0. The highest BCUT2D eigenvalue weighted by Crippen LogP contribution is 2.30. The third-order valence-electron chi connectivity index (χ3n) is 4.63. The first-order chi connectivity index (χ1) is 10.6. The fourth-order valence-corrected chi connectivity index (χ4v) is 3.27. The highest BCUT2D eigenvalue weighted by atomic mass is 16.5. The molecule has 0 radical (unpaired) electrons. The number of ether oxygens (including phenoxy) is 1. The van der Waals surface area contributed by atoms with Crippen molar-refractivity contribution in [2.45, 2.75) is 90.6 Å². The standard InChI is InChI=1S/C18H32O4/c1-3-5-6-7-12-16(9-4-2)22-18(21)15-11-8-10-14(13-15)17(19)20/h14-16H,3-13H2,1-2H3,(H,19,20). The van der Waals surface area contributed by atoms with E-state index in [-0.39, 0.29) is 23.9 Å². The molecule has 0 amide bonds. The topological polar surface area (TPSA) is 63.6 Å². The SMILES string of the molecule is CCCCCCC(CCC)OC(=O)C1CCCC(C(=O)O)C1. The molecule has 0 bridgehead atoms. The summed E-state index contributed by atoms with van der Waals surface area (Å²) < 4.78 is 5.71. The summed E-state index contributed by atoms with van der Waals surface area (Å²) >= 11 is 0. The van der Waals surface area contributed by atoms with E-state index in [2.05, 4.69) is 13.8 Å². The maximum Gasteiger partial charge on any atom is 0.309 e. The van der Waals surface area contributed by atoms with Crippen LogP contribution in [-0.2, 0) is 14.3 Å². The maximum absolute atomic E-state index is 12.3. The zero-order valence-electron chi connectivity index (χ0n) is 14.2. The van der Waals surface area contributed by atoms with Crippen LogP contribution in [0.15, 0.2) is 0 Å². The highest BCUT2D eigenvalue weighted by Gasteiger charge is 2.32. The Balaban J connectivity index is 2.42. The number of hydrogen-bond donors (Lipinski definition) is 1. The number of carbonyl (C=O) groups excluding carboxylic acids is 1. The van der Waals surface area contributed by atoms with Gasteiger partial charge in [-0.2, -0.15) is 0 Å². The normalized spacial score (nSPS) is 23.0. The van der Waals surface area contributed by atoms with E-state index in [9.17, 15) is 9.59 Å². The Morgan fingerprint density at radius 1 is 1.05 bits per heavy atom. The van der Waals surface area contributed by atoms with Gasteiger partial charge < -0.3 is 9.84 Å². The Morgan fingerprint density at radius 3 is 2.41 bits per heavy atom. The van der Waals surface area contributed by atoms with Crippen molar-refractivity contribution in [1.82, 2.24) is 0 Å². The van der Waals surface area contributed by atoms with Gasteiger partial charge in [0.15, 0.2) is 0 Å². The number of rotatable bonds is 10. The fourth-order valence-electron chi connectivity index (χ4n) is 3.27. The molecule has 4 heteroatoms. The molecule has 0 aromatic rings. The molecule has 1 aliphatic rings. The monoisotopic (exact) mass is 312 g/mol. The van der Waals surface area contributed by atoms with Crippen LogP contribution in [-0.4, -0.2) is 23.1 Å². The second-order valence-electron chi connectivity index (χ2n) is 6.60. The average molecular weight is 312 g/mol. The van der Waals surface area contributed by atoms with E-state index in [4.69, 9.17) is 9.84 Å². The lowest BCUT2D eigenvalue weighted by atomic mass is 9.81. The van der Waals surface area contributed by atoms with Gasteiger partial charge in [-0.05, 0) is 38.5 Å². The van der Waals surface area contributed by atoms with E-state index in [1.165, 1.54) is 19.3 Å². The molecular weight excluding hydrogens is 280 g/mol. The Hall–Kier alpha value is -1.06. The molecule has 3 atom stereocenters. The van der Waals surface area contributed by atoms with Crippen LogP contribution in [0.1, 0.15) is 84.5 Å². The number of hydrogen-bond acceptors (Lipinski definition) is 3. The van der Waals surface area contributed by atoms with Crippen molar-refractivity contribution >= 4 is 11.9 Å². The second kappa shape index (κ2) is 10.6. The third kappa shape index (κ3) is 6.80. The summed E-state index contributed by atoms with van der Waals surface area (Å²) in [5.74, 6) is -1.53. The number of aliphatic carboxylic acids is 1. The van der Waals surface area contributed by atoms with Gasteiger partial charge in [0.1, 0.15) is 6.10 Å². The zero-order chi connectivity index (χ0) is 16.4. The van der Waals surface area contributed by atoms with E-state index in [1.807, 2.05) is 0 Å². The molecule has 0 spiro atoms. The van der Waals surface area contributed by atoms with Crippen molar-refractivity contribution in [3.8, 4) is 0 Å². The van der Waals surface area contributed by atoms with Crippen molar-refractivity contribution in [3.63, 3.8) is 0 Å². The predicted octanol–water partition coefficient (Wildman–Crippen LogP) is 4.56. The molecular formula is C18H32O4. The molecule has 1 rings (SSSR count). The highest BCUT2D eigenvalue weighted by molar-refractivity contribution is 5.75. The minimum atomic E-state index is -0.776. The van der Waals surface area contributed by atoms with Crippen LogP contribution in [0, 0.1) is 11.8 Å². The fraction of sp³-hybridized carbons (Fsp3) is 0.889. The number of carboxylic acids is 1. The summed E-state index contributed by atoms with van der Waals surface area (Å²) in [5, 5.41) is 9.12. The Labute approximate surface area is 134 Å². The van der Waals surface area contributed by atoms with Gasteiger partial charge in [0.2, 0.25) is 0 Å². The second-order valence-corrected chi connectivity index (χ2v) is 6.60. The van der Waals surface area contributed by atoms with Crippen LogP contribution in [0.4, 0.5) is 0 Å². The van der Waals surface area contributed by atoms with Gasteiger partial charge in [-0.15, -0.1) is 0 Å². The first-order valence-electron chi connectivity index (χ1n) is 9.01. The molecule has 0 heterocycles. The Morgan fingerprint density at radius 2 is 1.77 bits per heavy atom. The summed E-state index contributed by atoms with van der Waals surface area (Å²) in [5.41, 5.74) is 0. The molecule has 22 heavy (non-hydrogen) atoms. The lowest BCUT2D eigenvalue weighted by Crippen LogP contribution is -2.31. The van der Waals surface area contributed by atoms with E-state index in [1.54, 1.807) is 0 Å². The molecule has 1 fully saturated rings. The average Bonchev–Trinajstić information content (AvgIpc) is 2.51. The quantitative estimate of drug-likeness (QED) is 0.474. The largest absolute Gasteiger partial charge is 0.481 e. The molecule has 1 saturated carbocycles. The smallest absolute Gasteiger partial charge is 0.309 e. The minimum Gasteiger partial charge on any atom is -0.481 e. The van der Waals surface area contributed by atoms with Gasteiger partial charge in [0.05, 0.1) is 11.8 Å². The van der Waals surface area contributed by atoms with E-state index in [0.29, 0.717) is 12.8 Å². The summed E-state index contributed by atoms with van der Waals surface area (Å²) in [4.78, 5) is 23.4. The van der Waals surface area contributed by atoms with Gasteiger partial charge >= 0.3 is 11.9 Å². The molecule has 3 unspecified atom stereocenters. The van der Waals surface area contributed by atoms with Crippen LogP contribution in [0.25, 0.3) is 0 Å². The molecule has 128 valence electrons. The number of unbranched alkanes of at least 4 members (excludes halogenated alkanes) is 3. The summed E-state index contributed by atoms with van der Waals surface area (Å²) in [7, 11) is 0. The van der Waals surface area contributed by atoms with E-state index in [0.717, 1.165) is 38.5 Å². The van der Waals surface area contributed by atoms with Crippen LogP contribution in [0.2, 0.25) is 0 Å². The van der Waals surface area contributed by atoms with Gasteiger partial charge in [0, 0.05) is 0 Å². The molecule has 1 aliphatic carbocycles. The lowest BCUT2D eigenvalue weighted by molar-refractivity contribution is -0.157. The van der Waals surface area contributed by atoms with Crippen molar-refractivity contribution < 1.29 is 19.4 Å². The molecule has 0 aromatic carbocycles. The Kier molecular flexibility index (Phi) is 9.17. The first-order valence-corrected chi connectivity index (χ1v) is 9.01. The zero-order valence-corrected chi connectivity index (χ0v) is 14.2. The Bertz CT molecular complexity index is 340. The van der Waals surface area contributed by atoms with Crippen molar-refractivity contribution in [2.24, 2.45) is 11.8 Å². The number of esters is 1. The molecule has 1 N–H and O–H groups in total. The molecule has 4 nitrogen and oxygen atoms in total. The lowest BCUT2D eigenvalue weighted by Gasteiger charge is -2.27. The van der Waals surface area contributed by atoms with Gasteiger partial charge in [-0.3, -0.25) is 9.59 Å². The van der Waals surface area contributed by atoms with Crippen LogP contribution >= 0.6 is 0 Å². The number of carbonyl (C=O) groups is 2. The molecule has 0 aliphatic heterocycles. The van der Waals surface area contributed by atoms with Crippen LogP contribution in [0.3, 0.4) is 0 Å². The summed E-state index contributed by atoms with van der Waals surface area (Å²) in [6.07, 6.45) is 10.3. The van der Waals surface area contributed by atoms with E-state index < -0.39 is 5.97 Å². The van der Waals surface area contributed by atoms with Crippen molar-refractivity contribution in [2.75, 3.05) is 0 Å². The van der Waals surface area contributed by atoms with Crippen LogP contribution in [0.5, 0.6) is 0 Å². The third-order valence-corrected chi connectivity index (χ3v) is 4.63.